The fraction of sp³-hybridized carbons (Fsp3) is 0.529. The number of nitrogens with zero attached hydrogens (tertiary/aromatic N) is 1. The van der Waals surface area contributed by atoms with Gasteiger partial charge in [0.2, 0.25) is 0 Å². The Labute approximate surface area is 131 Å². The van der Waals surface area contributed by atoms with Gasteiger partial charge in [-0.1, -0.05) is 12.1 Å². The van der Waals surface area contributed by atoms with Crippen LogP contribution in [0.25, 0.3) is 0 Å². The molecule has 22 heavy (non-hydrogen) atoms. The molecule has 5 heteroatoms. The van der Waals surface area contributed by atoms with Gasteiger partial charge in [-0.25, -0.2) is 0 Å². The minimum absolute atomic E-state index is 0.0232. The summed E-state index contributed by atoms with van der Waals surface area (Å²) in [6.45, 7) is 4.16. The number of ketones is 1. The van der Waals surface area contributed by atoms with E-state index in [1.54, 1.807) is 24.3 Å². The van der Waals surface area contributed by atoms with Crippen molar-refractivity contribution in [1.82, 2.24) is 4.90 Å². The summed E-state index contributed by atoms with van der Waals surface area (Å²) in [5.74, 6) is 0.468. The van der Waals surface area contributed by atoms with Crippen LogP contribution in [0.15, 0.2) is 24.3 Å². The Balaban J connectivity index is 1.97. The zero-order valence-electron chi connectivity index (χ0n) is 13.2. The summed E-state index contributed by atoms with van der Waals surface area (Å²) in [5.41, 5.74) is 6.56. The van der Waals surface area contributed by atoms with Gasteiger partial charge in [-0.05, 0) is 45.2 Å². The third kappa shape index (κ3) is 4.07. The average molecular weight is 304 g/mol. The fourth-order valence-electron chi connectivity index (χ4n) is 2.85. The normalized spacial score (nSPS) is 19.6. The van der Waals surface area contributed by atoms with E-state index in [9.17, 15) is 9.59 Å². The maximum atomic E-state index is 12.4. The van der Waals surface area contributed by atoms with Crippen molar-refractivity contribution >= 4 is 11.7 Å². The highest BCUT2D eigenvalue weighted by Gasteiger charge is 2.29. The maximum absolute atomic E-state index is 12.4. The first-order valence-corrected chi connectivity index (χ1v) is 7.78. The van der Waals surface area contributed by atoms with Crippen LogP contribution in [0.5, 0.6) is 5.75 Å². The molecule has 1 aliphatic rings. The molecule has 0 saturated carbocycles. The van der Waals surface area contributed by atoms with Crippen LogP contribution in [0.4, 0.5) is 0 Å². The van der Waals surface area contributed by atoms with Gasteiger partial charge in [0.25, 0.3) is 5.91 Å². The topological polar surface area (TPSA) is 72.6 Å². The number of nitrogens with two attached hydrogens (primary N) is 1. The largest absolute Gasteiger partial charge is 0.484 e. The van der Waals surface area contributed by atoms with E-state index >= 15 is 0 Å². The number of amides is 1. The van der Waals surface area contributed by atoms with Crippen molar-refractivity contribution in [3.8, 4) is 5.75 Å². The molecule has 1 aromatic rings. The Morgan fingerprint density at radius 3 is 2.86 bits per heavy atom. The standard InChI is InChI=1S/C17H24N2O3/c1-12(18)16-8-3-4-9-19(16)17(21)11-22-15-7-5-6-14(10-15)13(2)20/h5-7,10,12,16H,3-4,8-9,11,18H2,1-2H3. The molecule has 0 bridgehead atoms. The third-order valence-corrected chi connectivity index (χ3v) is 4.08. The van der Waals surface area contributed by atoms with Gasteiger partial charge in [0.1, 0.15) is 5.75 Å². The third-order valence-electron chi connectivity index (χ3n) is 4.08. The van der Waals surface area contributed by atoms with Gasteiger partial charge in [0.15, 0.2) is 12.4 Å². The lowest BCUT2D eigenvalue weighted by Crippen LogP contribution is -2.52. The van der Waals surface area contributed by atoms with Crippen molar-refractivity contribution in [2.45, 2.75) is 45.2 Å². The second-order valence-electron chi connectivity index (χ2n) is 5.88. The molecule has 1 aromatic carbocycles. The van der Waals surface area contributed by atoms with Crippen LogP contribution in [0.2, 0.25) is 0 Å². The van der Waals surface area contributed by atoms with Crippen molar-refractivity contribution in [3.05, 3.63) is 29.8 Å². The van der Waals surface area contributed by atoms with Crippen LogP contribution in [-0.4, -0.2) is 41.8 Å². The van der Waals surface area contributed by atoms with E-state index in [1.807, 2.05) is 11.8 Å². The Hall–Kier alpha value is -1.88. The second-order valence-corrected chi connectivity index (χ2v) is 5.88. The predicted molar refractivity (Wildman–Crippen MR) is 84.9 cm³/mol. The highest BCUT2D eigenvalue weighted by atomic mass is 16.5. The van der Waals surface area contributed by atoms with Crippen molar-refractivity contribution in [2.75, 3.05) is 13.2 Å². The number of carbonyl (C=O) groups is 2. The van der Waals surface area contributed by atoms with E-state index in [2.05, 4.69) is 0 Å². The number of benzene rings is 1. The fourth-order valence-corrected chi connectivity index (χ4v) is 2.85. The molecular weight excluding hydrogens is 280 g/mol. The summed E-state index contributed by atoms with van der Waals surface area (Å²) in [5, 5.41) is 0. The first kappa shape index (κ1) is 16.5. The number of rotatable bonds is 5. The first-order valence-electron chi connectivity index (χ1n) is 7.78. The van der Waals surface area contributed by atoms with Crippen molar-refractivity contribution in [1.29, 1.82) is 0 Å². The van der Waals surface area contributed by atoms with Crippen LogP contribution in [0.3, 0.4) is 0 Å². The van der Waals surface area contributed by atoms with Crippen LogP contribution < -0.4 is 10.5 Å². The molecule has 2 atom stereocenters. The van der Waals surface area contributed by atoms with E-state index in [1.165, 1.54) is 6.92 Å². The molecule has 0 spiro atoms. The molecule has 2 unspecified atom stereocenters. The van der Waals surface area contributed by atoms with Gasteiger partial charge in [-0.3, -0.25) is 9.59 Å². The van der Waals surface area contributed by atoms with E-state index < -0.39 is 0 Å². The number of carbonyl (C=O) groups excluding carboxylic acids is 2. The molecule has 0 radical (unpaired) electrons. The number of ether oxygens (including phenoxy) is 1. The molecule has 1 fully saturated rings. The smallest absolute Gasteiger partial charge is 0.260 e. The molecule has 120 valence electrons. The predicted octanol–water partition coefficient (Wildman–Crippen LogP) is 2.00. The van der Waals surface area contributed by atoms with Gasteiger partial charge in [-0.15, -0.1) is 0 Å². The SMILES string of the molecule is CC(=O)c1cccc(OCC(=O)N2CCCCC2C(C)N)c1. The maximum Gasteiger partial charge on any atom is 0.260 e. The molecule has 0 aromatic heterocycles. The zero-order chi connectivity index (χ0) is 16.1. The summed E-state index contributed by atoms with van der Waals surface area (Å²) < 4.78 is 5.56. The van der Waals surface area contributed by atoms with Gasteiger partial charge in [0.05, 0.1) is 0 Å². The summed E-state index contributed by atoms with van der Waals surface area (Å²) in [4.78, 5) is 25.6. The van der Waals surface area contributed by atoms with Crippen LogP contribution in [-0.2, 0) is 4.79 Å². The minimum Gasteiger partial charge on any atom is -0.484 e. The second kappa shape index (κ2) is 7.40. The lowest BCUT2D eigenvalue weighted by molar-refractivity contribution is -0.137. The summed E-state index contributed by atoms with van der Waals surface area (Å²) in [7, 11) is 0. The highest BCUT2D eigenvalue weighted by molar-refractivity contribution is 5.94. The molecular formula is C17H24N2O3. The average Bonchev–Trinajstić information content (AvgIpc) is 2.52. The number of piperidine rings is 1. The first-order chi connectivity index (χ1) is 10.5. The Bertz CT molecular complexity index is 542. The molecule has 5 nitrogen and oxygen atoms in total. The number of Topliss-reactive ketones (excluding diaryl/α,β-unsaturated/α-hetero) is 1. The molecule has 2 rings (SSSR count). The van der Waals surface area contributed by atoms with Crippen molar-refractivity contribution < 1.29 is 14.3 Å². The summed E-state index contributed by atoms with van der Waals surface area (Å²) in [6.07, 6.45) is 3.06. The number of hydrogen-bond donors (Lipinski definition) is 1. The Morgan fingerprint density at radius 2 is 2.18 bits per heavy atom. The molecule has 1 aliphatic heterocycles. The van der Waals surface area contributed by atoms with Gasteiger partial charge < -0.3 is 15.4 Å². The summed E-state index contributed by atoms with van der Waals surface area (Å²) >= 11 is 0. The van der Waals surface area contributed by atoms with Gasteiger partial charge >= 0.3 is 0 Å². The van der Waals surface area contributed by atoms with Crippen LogP contribution >= 0.6 is 0 Å². The van der Waals surface area contributed by atoms with Gasteiger partial charge in [-0.2, -0.15) is 0 Å². The quantitative estimate of drug-likeness (QED) is 0.844. The van der Waals surface area contributed by atoms with E-state index in [4.69, 9.17) is 10.5 Å². The van der Waals surface area contributed by atoms with Crippen LogP contribution in [0, 0.1) is 0 Å². The lowest BCUT2D eigenvalue weighted by Gasteiger charge is -2.38. The van der Waals surface area contributed by atoms with E-state index in [0.717, 1.165) is 25.8 Å². The minimum atomic E-state index is -0.0461. The Morgan fingerprint density at radius 1 is 1.41 bits per heavy atom. The molecule has 0 aliphatic carbocycles. The molecule has 1 saturated heterocycles. The molecule has 1 amide bonds. The van der Waals surface area contributed by atoms with Gasteiger partial charge in [0, 0.05) is 24.2 Å². The van der Waals surface area contributed by atoms with Crippen molar-refractivity contribution in [2.24, 2.45) is 5.73 Å². The van der Waals surface area contributed by atoms with E-state index in [-0.39, 0.29) is 30.4 Å². The summed E-state index contributed by atoms with van der Waals surface area (Å²) in [6, 6.07) is 6.95. The number of hydrogen-bond acceptors (Lipinski definition) is 4. The van der Waals surface area contributed by atoms with Crippen molar-refractivity contribution in [3.63, 3.8) is 0 Å². The highest BCUT2D eigenvalue weighted by Crippen LogP contribution is 2.20. The molecule has 2 N–H and O–H groups in total. The van der Waals surface area contributed by atoms with Crippen LogP contribution in [0.1, 0.15) is 43.5 Å². The monoisotopic (exact) mass is 304 g/mol. The number of likely N-dealkylation sites (tertiary alicyclic amines) is 1. The zero-order valence-corrected chi connectivity index (χ0v) is 13.2. The molecule has 1 heterocycles. The lowest BCUT2D eigenvalue weighted by atomic mass is 9.97. The van der Waals surface area contributed by atoms with E-state index in [0.29, 0.717) is 11.3 Å². The Kier molecular flexibility index (Phi) is 5.55.